The van der Waals surface area contributed by atoms with Crippen LogP contribution >= 0.6 is 0 Å². The van der Waals surface area contributed by atoms with Crippen molar-refractivity contribution in [3.63, 3.8) is 0 Å². The molecule has 0 aliphatic rings. The Morgan fingerprint density at radius 3 is 2.45 bits per heavy atom. The maximum absolute atomic E-state index is 10.3. The molecule has 0 unspecified atom stereocenters. The Balaban J connectivity index is 3.31. The molecule has 0 aliphatic heterocycles. The van der Waals surface area contributed by atoms with Crippen molar-refractivity contribution >= 4 is 18.2 Å². The molecule has 0 spiro atoms. The lowest BCUT2D eigenvalue weighted by Gasteiger charge is -1.96. The molecule has 6 nitrogen and oxygen atoms in total. The smallest absolute Gasteiger partial charge is 0.303 e. The molecule has 0 aromatic heterocycles. The Morgan fingerprint density at radius 2 is 2.00 bits per heavy atom. The minimum atomic E-state index is -0.929. The van der Waals surface area contributed by atoms with Crippen molar-refractivity contribution in [2.75, 3.05) is 0 Å². The second-order valence-corrected chi connectivity index (χ2v) is 1.47. The molecule has 0 heterocycles. The molecule has 0 saturated heterocycles. The van der Waals surface area contributed by atoms with E-state index in [1.165, 1.54) is 0 Å². The number of carbonyl (C=O) groups is 3. The van der Waals surface area contributed by atoms with E-state index in [4.69, 9.17) is 0 Å². The van der Waals surface area contributed by atoms with Gasteiger partial charge in [0.15, 0.2) is 0 Å². The third-order valence-electron chi connectivity index (χ3n) is 0.528. The van der Waals surface area contributed by atoms with Crippen LogP contribution < -0.4 is 0 Å². The molecule has 62 valence electrons. The first-order valence-corrected chi connectivity index (χ1v) is 2.65. The summed E-state index contributed by atoms with van der Waals surface area (Å²) in [6.45, 7) is 1.06. The molecule has 0 atom stereocenters. The van der Waals surface area contributed by atoms with Crippen molar-refractivity contribution in [3.8, 4) is 0 Å². The van der Waals surface area contributed by atoms with E-state index in [0.29, 0.717) is 6.29 Å². The highest BCUT2D eigenvalue weighted by Crippen LogP contribution is 1.86. The van der Waals surface area contributed by atoms with Crippen LogP contribution in [0.1, 0.15) is 13.3 Å². The molecular weight excluding hydrogens is 156 g/mol. The van der Waals surface area contributed by atoms with Crippen molar-refractivity contribution in [1.82, 2.24) is 0 Å². The quantitative estimate of drug-likeness (QED) is 0.240. The van der Waals surface area contributed by atoms with Gasteiger partial charge in [0.25, 0.3) is 0 Å². The maximum Gasteiger partial charge on any atom is 0.353 e. The van der Waals surface area contributed by atoms with Gasteiger partial charge >= 0.3 is 11.9 Å². The van der Waals surface area contributed by atoms with Gasteiger partial charge in [0.1, 0.15) is 12.7 Å². The third-order valence-corrected chi connectivity index (χ3v) is 0.528. The predicted molar refractivity (Wildman–Crippen MR) is 29.6 cm³/mol. The first-order chi connectivity index (χ1) is 5.16. The highest BCUT2D eigenvalue weighted by molar-refractivity contribution is 5.83. The lowest BCUT2D eigenvalue weighted by atomic mass is 10.5. The van der Waals surface area contributed by atoms with Gasteiger partial charge in [0.05, 0.1) is 0 Å². The number of hydrogen-bond acceptors (Lipinski definition) is 6. The highest BCUT2D eigenvalue weighted by atomic mass is 17.5. The molecule has 6 heteroatoms. The Morgan fingerprint density at radius 1 is 1.36 bits per heavy atom. The van der Waals surface area contributed by atoms with Crippen LogP contribution in [0.2, 0.25) is 0 Å². The molecule has 0 rings (SSSR count). The zero-order valence-corrected chi connectivity index (χ0v) is 5.73. The minimum absolute atomic E-state index is 0.333. The van der Waals surface area contributed by atoms with Gasteiger partial charge < -0.3 is 4.79 Å². The van der Waals surface area contributed by atoms with E-state index >= 15 is 0 Å². The minimum Gasteiger partial charge on any atom is -0.303 e. The Labute approximate surface area is 61.9 Å². The van der Waals surface area contributed by atoms with Crippen LogP contribution in [-0.4, -0.2) is 18.2 Å². The van der Waals surface area contributed by atoms with Gasteiger partial charge in [-0.1, -0.05) is 0 Å². The Kier molecular flexibility index (Phi) is 4.67. The molecule has 0 bridgehead atoms. The van der Waals surface area contributed by atoms with Crippen LogP contribution in [-0.2, 0) is 29.2 Å². The highest BCUT2D eigenvalue weighted by Gasteiger charge is 2.03. The third kappa shape index (κ3) is 6.46. The first kappa shape index (κ1) is 9.57. The summed E-state index contributed by atoms with van der Waals surface area (Å²) in [5.41, 5.74) is 0. The van der Waals surface area contributed by atoms with Crippen LogP contribution in [0.5, 0.6) is 0 Å². The van der Waals surface area contributed by atoms with Gasteiger partial charge in [-0.3, -0.25) is 9.78 Å². The van der Waals surface area contributed by atoms with E-state index in [2.05, 4.69) is 14.8 Å². The molecule has 0 radical (unpaired) electrons. The molecule has 0 aliphatic carbocycles. The molecule has 0 amide bonds. The normalized spacial score (nSPS) is 8.45. The second kappa shape index (κ2) is 5.36. The predicted octanol–water partition coefficient (Wildman–Crippen LogP) is -0.472. The van der Waals surface area contributed by atoms with Gasteiger partial charge in [-0.25, -0.2) is 9.59 Å². The SMILES string of the molecule is CC(=O)OOOC(=O)CC=O. The Hall–Kier alpha value is -1.43. The summed E-state index contributed by atoms with van der Waals surface area (Å²) < 4.78 is 0. The van der Waals surface area contributed by atoms with E-state index < -0.39 is 18.4 Å². The average Bonchev–Trinajstić information content (AvgIpc) is 1.87. The molecule has 0 N–H and O–H groups in total. The van der Waals surface area contributed by atoms with Gasteiger partial charge in [-0.15, -0.1) is 0 Å². The van der Waals surface area contributed by atoms with Crippen molar-refractivity contribution in [1.29, 1.82) is 0 Å². The second-order valence-electron chi connectivity index (χ2n) is 1.47. The van der Waals surface area contributed by atoms with Crippen LogP contribution in [0.4, 0.5) is 0 Å². The summed E-state index contributed by atoms with van der Waals surface area (Å²) in [4.78, 5) is 37.4. The molecule has 0 saturated carbocycles. The molecular formula is C5H6O6. The standard InChI is InChI=1S/C5H6O6/c1-4(7)9-11-10-5(8)2-3-6/h3H,2H2,1H3. The van der Waals surface area contributed by atoms with Crippen molar-refractivity contribution < 1.29 is 29.2 Å². The lowest BCUT2D eigenvalue weighted by Crippen LogP contribution is -2.08. The summed E-state index contributed by atoms with van der Waals surface area (Å²) in [5.74, 6) is -1.69. The lowest BCUT2D eigenvalue weighted by molar-refractivity contribution is -0.458. The summed E-state index contributed by atoms with van der Waals surface area (Å²) in [7, 11) is 0. The van der Waals surface area contributed by atoms with E-state index in [1.807, 2.05) is 0 Å². The zero-order chi connectivity index (χ0) is 8.69. The van der Waals surface area contributed by atoms with E-state index in [-0.39, 0.29) is 0 Å². The van der Waals surface area contributed by atoms with Crippen molar-refractivity contribution in [2.24, 2.45) is 0 Å². The van der Waals surface area contributed by atoms with Gasteiger partial charge in [0.2, 0.25) is 0 Å². The van der Waals surface area contributed by atoms with E-state index in [1.54, 1.807) is 0 Å². The monoisotopic (exact) mass is 162 g/mol. The van der Waals surface area contributed by atoms with Crippen LogP contribution in [0.15, 0.2) is 0 Å². The topological polar surface area (TPSA) is 78.9 Å². The van der Waals surface area contributed by atoms with Crippen molar-refractivity contribution in [2.45, 2.75) is 13.3 Å². The van der Waals surface area contributed by atoms with Gasteiger partial charge in [0, 0.05) is 12.0 Å². The maximum atomic E-state index is 10.3. The number of carbonyl (C=O) groups excluding carboxylic acids is 3. The summed E-state index contributed by atoms with van der Waals surface area (Å²) in [6, 6.07) is 0. The number of rotatable bonds is 4. The fourth-order valence-corrected chi connectivity index (χ4v) is 0.205. The summed E-state index contributed by atoms with van der Waals surface area (Å²) in [6.07, 6.45) is -0.110. The number of hydrogen-bond donors (Lipinski definition) is 0. The zero-order valence-electron chi connectivity index (χ0n) is 5.73. The Bertz CT molecular complexity index is 162. The molecule has 0 fully saturated rings. The van der Waals surface area contributed by atoms with Crippen molar-refractivity contribution in [3.05, 3.63) is 0 Å². The first-order valence-electron chi connectivity index (χ1n) is 2.65. The summed E-state index contributed by atoms with van der Waals surface area (Å²) >= 11 is 0. The van der Waals surface area contributed by atoms with Crippen LogP contribution in [0.3, 0.4) is 0 Å². The van der Waals surface area contributed by atoms with Gasteiger partial charge in [-0.2, -0.15) is 0 Å². The fourth-order valence-electron chi connectivity index (χ4n) is 0.205. The molecule has 0 aromatic carbocycles. The van der Waals surface area contributed by atoms with Crippen LogP contribution in [0.25, 0.3) is 0 Å². The van der Waals surface area contributed by atoms with E-state index in [9.17, 15) is 14.4 Å². The molecule has 0 aromatic rings. The average molecular weight is 162 g/mol. The fraction of sp³-hybridized carbons (Fsp3) is 0.400. The summed E-state index contributed by atoms with van der Waals surface area (Å²) in [5, 5.41) is 3.65. The van der Waals surface area contributed by atoms with E-state index in [0.717, 1.165) is 6.92 Å². The van der Waals surface area contributed by atoms with Gasteiger partial charge in [-0.05, 0) is 0 Å². The largest absolute Gasteiger partial charge is 0.353 e. The number of aldehydes is 1. The molecule has 11 heavy (non-hydrogen) atoms. The van der Waals surface area contributed by atoms with Crippen LogP contribution in [0, 0.1) is 0 Å².